The van der Waals surface area contributed by atoms with Gasteiger partial charge in [0.1, 0.15) is 5.75 Å². The lowest BCUT2D eigenvalue weighted by Gasteiger charge is -2.36. The van der Waals surface area contributed by atoms with E-state index in [0.717, 1.165) is 55.5 Å². The van der Waals surface area contributed by atoms with Gasteiger partial charge in [0.2, 0.25) is 17.0 Å². The summed E-state index contributed by atoms with van der Waals surface area (Å²) in [6, 6.07) is 20.2. The van der Waals surface area contributed by atoms with Crippen molar-refractivity contribution >= 4 is 34.9 Å². The van der Waals surface area contributed by atoms with E-state index in [-0.39, 0.29) is 0 Å². The summed E-state index contributed by atoms with van der Waals surface area (Å²) >= 11 is 5.60. The van der Waals surface area contributed by atoms with Gasteiger partial charge in [0.25, 0.3) is 0 Å². The van der Waals surface area contributed by atoms with Gasteiger partial charge in [0, 0.05) is 49.8 Å². The van der Waals surface area contributed by atoms with Gasteiger partial charge in [-0.05, 0) is 68.9 Å². The smallest absolute Gasteiger partial charge is 0.229 e. The van der Waals surface area contributed by atoms with Crippen LogP contribution < -0.4 is 15.4 Å². The first-order valence-electron chi connectivity index (χ1n) is 12.2. The minimum absolute atomic E-state index is 0.359. The average molecular weight is 504 g/mol. The number of hydrogen-bond donors (Lipinski definition) is 2. The highest BCUT2D eigenvalue weighted by atomic mass is 32.1. The third-order valence-electron chi connectivity index (χ3n) is 5.75. The van der Waals surface area contributed by atoms with Crippen molar-refractivity contribution in [2.24, 2.45) is 4.99 Å². The first-order chi connectivity index (χ1) is 17.5. The number of benzene rings is 2. The molecule has 188 valence electrons. The number of aromatic nitrogens is 2. The van der Waals surface area contributed by atoms with Gasteiger partial charge in [-0.15, -0.1) is 0 Å². The lowest BCUT2D eigenvalue weighted by Crippen LogP contribution is -2.50. The van der Waals surface area contributed by atoms with Crippen LogP contribution in [0.4, 0.5) is 11.6 Å². The van der Waals surface area contributed by atoms with Crippen molar-refractivity contribution < 1.29 is 4.74 Å². The molecule has 0 unspecified atom stereocenters. The van der Waals surface area contributed by atoms with Gasteiger partial charge < -0.3 is 15.0 Å². The van der Waals surface area contributed by atoms with Crippen molar-refractivity contribution in [2.45, 2.75) is 27.3 Å². The number of nitrogens with zero attached hydrogens (tertiary/aromatic N) is 5. The molecule has 0 amide bonds. The molecule has 8 nitrogen and oxygen atoms in total. The zero-order valence-corrected chi connectivity index (χ0v) is 21.9. The maximum absolute atomic E-state index is 5.60. The Kier molecular flexibility index (Phi) is 8.80. The number of aryl methyl sites for hydroxylation is 2. The van der Waals surface area contributed by atoms with Crippen molar-refractivity contribution in [3.63, 3.8) is 0 Å². The molecule has 1 fully saturated rings. The molecule has 2 N–H and O–H groups in total. The van der Waals surface area contributed by atoms with Gasteiger partial charge in [-0.2, -0.15) is 4.99 Å². The summed E-state index contributed by atoms with van der Waals surface area (Å²) in [7, 11) is 0. The zero-order valence-electron chi connectivity index (χ0n) is 21.1. The fourth-order valence-corrected chi connectivity index (χ4v) is 4.27. The molecule has 1 aliphatic rings. The van der Waals surface area contributed by atoms with Crippen LogP contribution in [-0.4, -0.2) is 63.6 Å². The standard InChI is InChI=1S/C27H33N7OS/c1-4-35-24-12-10-23(11-13-24)30-27(36)32-26(31-25-28-20(2)18-21(3)29-25)34-16-14-33(15-17-34)19-22-8-6-5-7-9-22/h5-13,18H,4,14-17,19H2,1-3H3,(H2,28,29,30,31,32,36). The van der Waals surface area contributed by atoms with Gasteiger partial charge >= 0.3 is 0 Å². The van der Waals surface area contributed by atoms with E-state index < -0.39 is 0 Å². The molecular weight excluding hydrogens is 470 g/mol. The Morgan fingerprint density at radius 3 is 2.25 bits per heavy atom. The van der Waals surface area contributed by atoms with Crippen molar-refractivity contribution in [2.75, 3.05) is 43.4 Å². The quantitative estimate of drug-likeness (QED) is 0.290. The first-order valence-corrected chi connectivity index (χ1v) is 12.6. The molecule has 4 rings (SSSR count). The predicted molar refractivity (Wildman–Crippen MR) is 150 cm³/mol. The van der Waals surface area contributed by atoms with Crippen LogP contribution in [0.5, 0.6) is 5.75 Å². The first kappa shape index (κ1) is 25.5. The summed E-state index contributed by atoms with van der Waals surface area (Å²) in [6.07, 6.45) is 0. The molecule has 0 aliphatic carbocycles. The van der Waals surface area contributed by atoms with E-state index in [4.69, 9.17) is 21.9 Å². The largest absolute Gasteiger partial charge is 0.494 e. The van der Waals surface area contributed by atoms with Gasteiger partial charge in [0.15, 0.2) is 0 Å². The Morgan fingerprint density at radius 1 is 0.944 bits per heavy atom. The fourth-order valence-electron chi connectivity index (χ4n) is 4.07. The van der Waals surface area contributed by atoms with E-state index in [2.05, 4.69) is 60.7 Å². The molecule has 3 aromatic rings. The molecule has 0 atom stereocenters. The van der Waals surface area contributed by atoms with Crippen LogP contribution in [-0.2, 0) is 6.54 Å². The fraction of sp³-hybridized carbons (Fsp3) is 0.333. The molecule has 1 aromatic heterocycles. The minimum atomic E-state index is 0.359. The van der Waals surface area contributed by atoms with Crippen molar-refractivity contribution in [1.82, 2.24) is 19.8 Å². The number of anilines is 2. The van der Waals surface area contributed by atoms with Crippen LogP contribution in [0.3, 0.4) is 0 Å². The molecule has 1 saturated heterocycles. The highest BCUT2D eigenvalue weighted by molar-refractivity contribution is 7.80. The van der Waals surface area contributed by atoms with Gasteiger partial charge in [-0.3, -0.25) is 10.2 Å². The number of guanidine groups is 1. The summed E-state index contributed by atoms with van der Waals surface area (Å²) in [5.74, 6) is 1.98. The van der Waals surface area contributed by atoms with E-state index in [1.54, 1.807) is 0 Å². The lowest BCUT2D eigenvalue weighted by molar-refractivity contribution is 0.175. The predicted octanol–water partition coefficient (Wildman–Crippen LogP) is 4.47. The van der Waals surface area contributed by atoms with E-state index in [1.165, 1.54) is 5.56 Å². The third-order valence-corrected chi connectivity index (χ3v) is 5.94. The van der Waals surface area contributed by atoms with Crippen molar-refractivity contribution in [3.8, 4) is 5.75 Å². The molecule has 1 aliphatic heterocycles. The summed E-state index contributed by atoms with van der Waals surface area (Å²) in [5.41, 5.74) is 3.96. The highest BCUT2D eigenvalue weighted by Crippen LogP contribution is 2.16. The molecule has 0 bridgehead atoms. The zero-order chi connectivity index (χ0) is 25.3. The van der Waals surface area contributed by atoms with Gasteiger partial charge in [-0.1, -0.05) is 30.3 Å². The second-order valence-electron chi connectivity index (χ2n) is 8.67. The Hall–Kier alpha value is -3.56. The van der Waals surface area contributed by atoms with Crippen LogP contribution in [0.2, 0.25) is 0 Å². The van der Waals surface area contributed by atoms with Crippen molar-refractivity contribution in [1.29, 1.82) is 0 Å². The number of piperazine rings is 1. The molecule has 0 spiro atoms. The molecule has 2 heterocycles. The molecule has 2 aromatic carbocycles. The third kappa shape index (κ3) is 7.47. The maximum Gasteiger partial charge on any atom is 0.229 e. The summed E-state index contributed by atoms with van der Waals surface area (Å²) in [4.78, 5) is 18.5. The van der Waals surface area contributed by atoms with E-state index in [9.17, 15) is 0 Å². The van der Waals surface area contributed by atoms with E-state index in [0.29, 0.717) is 23.6 Å². The second kappa shape index (κ2) is 12.4. The Bertz CT molecular complexity index is 1160. The summed E-state index contributed by atoms with van der Waals surface area (Å²) in [5, 5.41) is 6.89. The van der Waals surface area contributed by atoms with Crippen LogP contribution in [0.25, 0.3) is 0 Å². The SMILES string of the molecule is CCOc1ccc(NC(=S)/N=C(/Nc2nc(C)cc(C)n2)N2CCN(Cc3ccccc3)CC2)cc1. The molecule has 0 saturated carbocycles. The average Bonchev–Trinajstić information content (AvgIpc) is 2.85. The Balaban J connectivity index is 1.47. The Morgan fingerprint density at radius 2 is 1.61 bits per heavy atom. The topological polar surface area (TPSA) is 77.9 Å². The van der Waals surface area contributed by atoms with Crippen LogP contribution in [0, 0.1) is 13.8 Å². The molecule has 36 heavy (non-hydrogen) atoms. The number of rotatable bonds is 6. The molecular formula is C27H33N7OS. The van der Waals surface area contributed by atoms with E-state index >= 15 is 0 Å². The second-order valence-corrected chi connectivity index (χ2v) is 9.06. The Labute approximate surface area is 218 Å². The molecule has 0 radical (unpaired) electrons. The van der Waals surface area contributed by atoms with Crippen molar-refractivity contribution in [3.05, 3.63) is 77.6 Å². The van der Waals surface area contributed by atoms with Gasteiger partial charge in [0.05, 0.1) is 6.61 Å². The number of nitrogens with one attached hydrogen (secondary N) is 2. The van der Waals surface area contributed by atoms with E-state index in [1.807, 2.05) is 51.1 Å². The number of hydrogen-bond acceptors (Lipinski definition) is 5. The van der Waals surface area contributed by atoms with Crippen LogP contribution >= 0.6 is 12.2 Å². The number of ether oxygens (including phenoxy) is 1. The number of thiocarbonyl (C=S) groups is 1. The van der Waals surface area contributed by atoms with Crippen LogP contribution in [0.15, 0.2) is 65.7 Å². The summed E-state index contributed by atoms with van der Waals surface area (Å²) < 4.78 is 5.52. The minimum Gasteiger partial charge on any atom is -0.494 e. The van der Waals surface area contributed by atoms with Gasteiger partial charge in [-0.25, -0.2) is 9.97 Å². The highest BCUT2D eigenvalue weighted by Gasteiger charge is 2.21. The molecule has 9 heteroatoms. The number of aliphatic imine (C=N–C) groups is 1. The van der Waals surface area contributed by atoms with Crippen LogP contribution in [0.1, 0.15) is 23.9 Å². The lowest BCUT2D eigenvalue weighted by atomic mass is 10.2. The normalized spacial score (nSPS) is 14.4. The maximum atomic E-state index is 5.60. The monoisotopic (exact) mass is 503 g/mol. The summed E-state index contributed by atoms with van der Waals surface area (Å²) in [6.45, 7) is 10.9.